The van der Waals surface area contributed by atoms with E-state index in [0.29, 0.717) is 45.0 Å². The van der Waals surface area contributed by atoms with Crippen molar-refractivity contribution in [1.82, 2.24) is 14.7 Å². The van der Waals surface area contributed by atoms with Gasteiger partial charge in [-0.15, -0.1) is 0 Å². The Labute approximate surface area is 154 Å². The number of piperidine rings is 1. The molecule has 0 aromatic carbocycles. The van der Waals surface area contributed by atoms with Crippen molar-refractivity contribution in [1.29, 1.82) is 0 Å². The summed E-state index contributed by atoms with van der Waals surface area (Å²) < 4.78 is 13.2. The summed E-state index contributed by atoms with van der Waals surface area (Å²) >= 11 is 0. The van der Waals surface area contributed by atoms with Crippen LogP contribution < -0.4 is 0 Å². The van der Waals surface area contributed by atoms with Crippen LogP contribution in [0.15, 0.2) is 6.20 Å². The van der Waals surface area contributed by atoms with Crippen LogP contribution in [0.25, 0.3) is 0 Å². The first-order valence-corrected chi connectivity index (χ1v) is 9.77. The minimum atomic E-state index is -0.790. The Morgan fingerprint density at radius 1 is 1.38 bits per heavy atom. The highest BCUT2D eigenvalue weighted by molar-refractivity contribution is 5.95. The molecule has 7 nitrogen and oxygen atoms in total. The van der Waals surface area contributed by atoms with Gasteiger partial charge in [0.05, 0.1) is 30.6 Å². The van der Waals surface area contributed by atoms with E-state index in [1.165, 1.54) is 0 Å². The lowest BCUT2D eigenvalue weighted by atomic mass is 9.66. The molecule has 4 atom stereocenters. The monoisotopic (exact) mass is 363 g/mol. The van der Waals surface area contributed by atoms with Crippen LogP contribution >= 0.6 is 0 Å². The molecule has 3 aliphatic rings. The van der Waals surface area contributed by atoms with Crippen molar-refractivity contribution in [3.05, 3.63) is 17.5 Å². The molecule has 144 valence electrons. The van der Waals surface area contributed by atoms with Crippen molar-refractivity contribution in [2.24, 2.45) is 11.8 Å². The molecule has 1 N–H and O–H groups in total. The van der Waals surface area contributed by atoms with E-state index >= 15 is 0 Å². The van der Waals surface area contributed by atoms with E-state index in [-0.39, 0.29) is 23.8 Å². The number of amides is 1. The van der Waals surface area contributed by atoms with Gasteiger partial charge in [-0.25, -0.2) is 0 Å². The molecule has 4 rings (SSSR count). The van der Waals surface area contributed by atoms with Gasteiger partial charge in [-0.1, -0.05) is 6.92 Å². The lowest BCUT2D eigenvalue weighted by Gasteiger charge is -2.57. The Balaban J connectivity index is 1.64. The molecule has 3 fully saturated rings. The van der Waals surface area contributed by atoms with Crippen molar-refractivity contribution < 1.29 is 19.4 Å². The Kier molecular flexibility index (Phi) is 4.79. The third-order valence-electron chi connectivity index (χ3n) is 6.48. The summed E-state index contributed by atoms with van der Waals surface area (Å²) in [6.07, 6.45) is 4.07. The Hall–Kier alpha value is -1.44. The lowest BCUT2D eigenvalue weighted by molar-refractivity contribution is -0.212. The van der Waals surface area contributed by atoms with Crippen LogP contribution in [0.3, 0.4) is 0 Å². The highest BCUT2D eigenvalue weighted by Crippen LogP contribution is 2.44. The zero-order valence-electron chi connectivity index (χ0n) is 15.7. The van der Waals surface area contributed by atoms with Gasteiger partial charge in [0, 0.05) is 56.3 Å². The average Bonchev–Trinajstić information content (AvgIpc) is 3.01. The minimum Gasteiger partial charge on any atom is -0.389 e. The molecule has 0 spiro atoms. The summed E-state index contributed by atoms with van der Waals surface area (Å²) in [7, 11) is 0. The highest BCUT2D eigenvalue weighted by atomic mass is 16.5. The van der Waals surface area contributed by atoms with E-state index in [4.69, 9.17) is 9.47 Å². The van der Waals surface area contributed by atoms with E-state index in [9.17, 15) is 9.90 Å². The van der Waals surface area contributed by atoms with Crippen molar-refractivity contribution in [2.75, 3.05) is 33.0 Å². The van der Waals surface area contributed by atoms with Gasteiger partial charge in [0.15, 0.2) is 0 Å². The van der Waals surface area contributed by atoms with E-state index in [1.54, 1.807) is 6.20 Å². The standard InChI is InChI=1S/C19H29N3O4/c1-3-6-22-13(2)15(9-20-22)18(23)21-10-14-11-26-8-5-19(14,24)16-12-25-7-4-17(16)21/h9,14,16-17,24H,3-8,10-12H2,1-2H3/t14-,16+,17-,19-/m1/s1. The minimum absolute atomic E-state index is 0.0181. The van der Waals surface area contributed by atoms with Crippen LogP contribution in [0.4, 0.5) is 0 Å². The molecule has 0 radical (unpaired) electrons. The number of nitrogens with zero attached hydrogens (tertiary/aromatic N) is 3. The van der Waals surface area contributed by atoms with E-state index in [2.05, 4.69) is 12.0 Å². The van der Waals surface area contributed by atoms with E-state index in [0.717, 1.165) is 25.1 Å². The van der Waals surface area contributed by atoms with Gasteiger partial charge in [0.25, 0.3) is 5.91 Å². The summed E-state index contributed by atoms with van der Waals surface area (Å²) in [5.41, 5.74) is 0.800. The first-order chi connectivity index (χ1) is 12.6. The van der Waals surface area contributed by atoms with Gasteiger partial charge in [-0.3, -0.25) is 9.48 Å². The molecule has 3 saturated heterocycles. The van der Waals surface area contributed by atoms with Gasteiger partial charge in [-0.05, 0) is 19.8 Å². The number of hydrogen-bond acceptors (Lipinski definition) is 5. The summed E-state index contributed by atoms with van der Waals surface area (Å²) in [6.45, 7) is 7.63. The maximum absolute atomic E-state index is 13.4. The number of aliphatic hydroxyl groups is 1. The van der Waals surface area contributed by atoms with Gasteiger partial charge in [-0.2, -0.15) is 5.10 Å². The molecule has 1 amide bonds. The average molecular weight is 363 g/mol. The Bertz CT molecular complexity index is 676. The predicted octanol–water partition coefficient (Wildman–Crippen LogP) is 1.23. The van der Waals surface area contributed by atoms with Crippen LogP contribution in [0.1, 0.15) is 42.2 Å². The second-order valence-corrected chi connectivity index (χ2v) is 7.87. The summed E-state index contributed by atoms with van der Waals surface area (Å²) in [5, 5.41) is 15.8. The molecule has 1 aromatic rings. The van der Waals surface area contributed by atoms with Crippen molar-refractivity contribution in [3.8, 4) is 0 Å². The van der Waals surface area contributed by atoms with Gasteiger partial charge < -0.3 is 19.5 Å². The van der Waals surface area contributed by atoms with Crippen LogP contribution in [0.2, 0.25) is 0 Å². The third kappa shape index (κ3) is 2.77. The van der Waals surface area contributed by atoms with Crippen LogP contribution in [0, 0.1) is 18.8 Å². The van der Waals surface area contributed by atoms with Gasteiger partial charge in [0.1, 0.15) is 0 Å². The smallest absolute Gasteiger partial charge is 0.257 e. The maximum atomic E-state index is 13.4. The molecular formula is C19H29N3O4. The molecule has 0 saturated carbocycles. The van der Waals surface area contributed by atoms with E-state index < -0.39 is 5.60 Å². The lowest BCUT2D eigenvalue weighted by Crippen LogP contribution is -2.68. The molecule has 0 aliphatic carbocycles. The SMILES string of the molecule is CCCn1ncc(C(=O)N2C[C@@H]3COCC[C@]3(O)[C@H]3COCC[C@H]32)c1C. The zero-order valence-corrected chi connectivity index (χ0v) is 15.7. The van der Waals surface area contributed by atoms with Crippen molar-refractivity contribution in [3.63, 3.8) is 0 Å². The number of rotatable bonds is 3. The molecule has 7 heteroatoms. The largest absolute Gasteiger partial charge is 0.389 e. The fraction of sp³-hybridized carbons (Fsp3) is 0.789. The number of fused-ring (bicyclic) bond motifs is 3. The summed E-state index contributed by atoms with van der Waals surface area (Å²) in [6, 6.07) is 0.0181. The topological polar surface area (TPSA) is 76.8 Å². The first-order valence-electron chi connectivity index (χ1n) is 9.77. The number of ether oxygens (including phenoxy) is 2. The predicted molar refractivity (Wildman–Crippen MR) is 94.9 cm³/mol. The van der Waals surface area contributed by atoms with Crippen molar-refractivity contribution in [2.45, 2.75) is 51.3 Å². The fourth-order valence-corrected chi connectivity index (χ4v) is 4.94. The van der Waals surface area contributed by atoms with Crippen LogP contribution in [-0.2, 0) is 16.0 Å². The molecule has 3 aliphatic heterocycles. The first kappa shape index (κ1) is 17.9. The quantitative estimate of drug-likeness (QED) is 0.874. The Morgan fingerprint density at radius 2 is 2.19 bits per heavy atom. The molecule has 0 bridgehead atoms. The van der Waals surface area contributed by atoms with Crippen LogP contribution in [0.5, 0.6) is 0 Å². The molecular weight excluding hydrogens is 334 g/mol. The molecule has 1 aromatic heterocycles. The van der Waals surface area contributed by atoms with E-state index in [1.807, 2.05) is 16.5 Å². The third-order valence-corrected chi connectivity index (χ3v) is 6.48. The zero-order chi connectivity index (χ0) is 18.3. The normalized spacial score (nSPS) is 34.3. The molecule has 4 heterocycles. The molecule has 0 unspecified atom stereocenters. The Morgan fingerprint density at radius 3 is 3.00 bits per heavy atom. The maximum Gasteiger partial charge on any atom is 0.257 e. The number of likely N-dealkylation sites (tertiary alicyclic amines) is 1. The number of aromatic nitrogens is 2. The number of aryl methyl sites for hydroxylation is 1. The second-order valence-electron chi connectivity index (χ2n) is 7.87. The van der Waals surface area contributed by atoms with Crippen molar-refractivity contribution >= 4 is 5.91 Å². The number of hydrogen-bond donors (Lipinski definition) is 1. The fourth-order valence-electron chi connectivity index (χ4n) is 4.94. The van der Waals surface area contributed by atoms with Gasteiger partial charge >= 0.3 is 0 Å². The summed E-state index contributed by atoms with van der Waals surface area (Å²) in [5.74, 6) is -0.0858. The number of carbonyl (C=O) groups excluding carboxylic acids is 1. The number of carbonyl (C=O) groups is 1. The molecule has 26 heavy (non-hydrogen) atoms. The highest BCUT2D eigenvalue weighted by Gasteiger charge is 2.56. The summed E-state index contributed by atoms with van der Waals surface area (Å²) in [4.78, 5) is 15.3. The van der Waals surface area contributed by atoms with Crippen LogP contribution in [-0.4, -0.2) is 70.3 Å². The second kappa shape index (κ2) is 6.94. The van der Waals surface area contributed by atoms with Gasteiger partial charge in [0.2, 0.25) is 0 Å².